The number of carbonyl (C=O) groups is 1. The van der Waals surface area contributed by atoms with Crippen LogP contribution in [0.3, 0.4) is 0 Å². The first-order valence-corrected chi connectivity index (χ1v) is 15.7. The third-order valence-corrected chi connectivity index (χ3v) is 18.0. The third kappa shape index (κ3) is 3.34. The van der Waals surface area contributed by atoms with Crippen molar-refractivity contribution in [2.75, 3.05) is 19.6 Å². The summed E-state index contributed by atoms with van der Waals surface area (Å²) in [4.78, 5) is 27.3. The van der Waals surface area contributed by atoms with Crippen molar-refractivity contribution in [3.63, 3.8) is 0 Å². The second kappa shape index (κ2) is 8.66. The molecule has 0 radical (unpaired) electrons. The Hall–Kier alpha value is -2.56. The molecule has 1 amide bonds. The number of halogens is 1. The van der Waals surface area contributed by atoms with Crippen molar-refractivity contribution in [2.45, 2.75) is 24.5 Å². The van der Waals surface area contributed by atoms with Crippen molar-refractivity contribution in [1.29, 1.82) is 0 Å². The molecule has 170 valence electrons. The molecule has 2 fully saturated rings. The summed E-state index contributed by atoms with van der Waals surface area (Å²) in [5.74, 6) is 0.166. The Morgan fingerprint density at radius 3 is 1.67 bits per heavy atom. The molecule has 2 unspecified atom stereocenters. The summed E-state index contributed by atoms with van der Waals surface area (Å²) >= 11 is 4.45. The predicted octanol–water partition coefficient (Wildman–Crippen LogP) is 4.18. The minimum absolute atomic E-state index is 0.0314. The van der Waals surface area contributed by atoms with Gasteiger partial charge >= 0.3 is 203 Å². The Bertz CT molecular complexity index is 1050. The first-order valence-electron chi connectivity index (χ1n) is 11.4. The Labute approximate surface area is 202 Å². The van der Waals surface area contributed by atoms with Crippen molar-refractivity contribution >= 4 is 42.6 Å². The van der Waals surface area contributed by atoms with Crippen LogP contribution in [0.2, 0.25) is 0 Å². The summed E-state index contributed by atoms with van der Waals surface area (Å²) in [6, 6.07) is 31.4. The standard InChI is InChI=1S/C26H27BrN3O2P/c27-33(22-10-4-1-5-11-22,23-12-6-2-7-13-23,24-14-8-3-9-15-24)25-17-19-30(26(25)31)21-16-18-29(20-21)28-32/h1-15,21,25H,16-20H2. The van der Waals surface area contributed by atoms with E-state index in [0.29, 0.717) is 19.6 Å². The molecule has 0 N–H and O–H groups in total. The molecule has 0 spiro atoms. The number of rotatable bonds is 6. The average Bonchev–Trinajstić information content (AvgIpc) is 3.52. The zero-order valence-electron chi connectivity index (χ0n) is 18.3. The van der Waals surface area contributed by atoms with Crippen LogP contribution in [0.5, 0.6) is 0 Å². The summed E-state index contributed by atoms with van der Waals surface area (Å²) in [6.45, 7) is 1.82. The van der Waals surface area contributed by atoms with Gasteiger partial charge in [-0.3, -0.25) is 0 Å². The molecule has 7 heteroatoms. The molecule has 0 bridgehead atoms. The Kier molecular flexibility index (Phi) is 5.84. The van der Waals surface area contributed by atoms with Crippen LogP contribution in [-0.4, -0.2) is 47.2 Å². The van der Waals surface area contributed by atoms with Crippen LogP contribution in [0.15, 0.2) is 96.3 Å². The van der Waals surface area contributed by atoms with Crippen molar-refractivity contribution in [3.05, 3.63) is 95.9 Å². The molecule has 2 atom stereocenters. The molecule has 3 aromatic rings. The Morgan fingerprint density at radius 2 is 1.24 bits per heavy atom. The van der Waals surface area contributed by atoms with E-state index < -0.39 is 5.31 Å². The number of nitroso groups, excluding NO2 is 1. The molecule has 0 aliphatic carbocycles. The van der Waals surface area contributed by atoms with Crippen molar-refractivity contribution in [1.82, 2.24) is 9.91 Å². The molecular formula is C26H27BrN3O2P. The van der Waals surface area contributed by atoms with Crippen LogP contribution in [0.1, 0.15) is 12.8 Å². The van der Waals surface area contributed by atoms with E-state index in [1.165, 1.54) is 5.01 Å². The summed E-state index contributed by atoms with van der Waals surface area (Å²) in [6.07, 6.45) is 1.54. The fourth-order valence-corrected chi connectivity index (χ4v) is 14.4. The Balaban J connectivity index is 1.72. The van der Waals surface area contributed by atoms with Crippen LogP contribution in [0.4, 0.5) is 0 Å². The minimum atomic E-state index is -3.38. The normalized spacial score (nSPS) is 22.2. The number of benzene rings is 3. The molecule has 33 heavy (non-hydrogen) atoms. The van der Waals surface area contributed by atoms with Crippen molar-refractivity contribution < 1.29 is 4.79 Å². The van der Waals surface area contributed by atoms with E-state index in [9.17, 15) is 9.70 Å². The van der Waals surface area contributed by atoms with Crippen LogP contribution < -0.4 is 15.9 Å². The molecule has 2 aliphatic heterocycles. The van der Waals surface area contributed by atoms with Gasteiger partial charge in [-0.05, 0) is 0 Å². The molecule has 0 aromatic heterocycles. The van der Waals surface area contributed by atoms with Crippen molar-refractivity contribution in [2.24, 2.45) is 5.29 Å². The molecule has 5 nitrogen and oxygen atoms in total. The topological polar surface area (TPSA) is 53.0 Å². The first kappa shape index (κ1) is 22.2. The number of hydrogen-bond donors (Lipinski definition) is 0. The van der Waals surface area contributed by atoms with Crippen LogP contribution in [0, 0.1) is 4.91 Å². The van der Waals surface area contributed by atoms with E-state index in [-0.39, 0.29) is 17.6 Å². The second-order valence-corrected chi connectivity index (χ2v) is 17.6. The van der Waals surface area contributed by atoms with E-state index in [1.807, 2.05) is 23.1 Å². The summed E-state index contributed by atoms with van der Waals surface area (Å²) in [7, 11) is 0. The summed E-state index contributed by atoms with van der Waals surface area (Å²) in [5.41, 5.74) is -0.235. The SMILES string of the molecule is O=NN1CCC(N2CCC(P(Br)(c3ccccc3)(c3ccccc3)c3ccccc3)C2=O)C1. The predicted molar refractivity (Wildman–Crippen MR) is 140 cm³/mol. The van der Waals surface area contributed by atoms with Gasteiger partial charge in [0.15, 0.2) is 0 Å². The summed E-state index contributed by atoms with van der Waals surface area (Å²) < 4.78 is 0. The van der Waals surface area contributed by atoms with Gasteiger partial charge < -0.3 is 0 Å². The van der Waals surface area contributed by atoms with E-state index >= 15 is 0 Å². The summed E-state index contributed by atoms with van der Waals surface area (Å²) in [5, 5.41) is 4.73. The van der Waals surface area contributed by atoms with Gasteiger partial charge in [0, 0.05) is 0 Å². The molecule has 2 saturated heterocycles. The molecule has 3 aromatic carbocycles. The fourth-order valence-electron chi connectivity index (χ4n) is 5.70. The van der Waals surface area contributed by atoms with Crippen LogP contribution in [-0.2, 0) is 4.79 Å². The van der Waals surface area contributed by atoms with Crippen molar-refractivity contribution in [3.8, 4) is 0 Å². The zero-order valence-corrected chi connectivity index (χ0v) is 20.8. The Morgan fingerprint density at radius 1 is 0.758 bits per heavy atom. The van der Waals surface area contributed by atoms with Gasteiger partial charge in [-0.1, -0.05) is 0 Å². The van der Waals surface area contributed by atoms with Gasteiger partial charge in [0.25, 0.3) is 0 Å². The van der Waals surface area contributed by atoms with Gasteiger partial charge in [-0.25, -0.2) is 0 Å². The van der Waals surface area contributed by atoms with Gasteiger partial charge in [-0.2, -0.15) is 0 Å². The van der Waals surface area contributed by atoms with Crippen LogP contribution in [0.25, 0.3) is 0 Å². The number of nitrogens with zero attached hydrogens (tertiary/aromatic N) is 3. The molecular weight excluding hydrogens is 497 g/mol. The van der Waals surface area contributed by atoms with E-state index in [1.54, 1.807) is 0 Å². The number of amides is 1. The number of hydrogen-bond acceptors (Lipinski definition) is 3. The second-order valence-electron chi connectivity index (χ2n) is 8.85. The number of carbonyl (C=O) groups excluding carboxylic acids is 1. The zero-order chi connectivity index (χ0) is 22.9. The molecule has 0 saturated carbocycles. The van der Waals surface area contributed by atoms with E-state index in [4.69, 9.17) is 0 Å². The van der Waals surface area contributed by atoms with E-state index in [2.05, 4.69) is 93.6 Å². The van der Waals surface area contributed by atoms with Gasteiger partial charge in [0.05, 0.1) is 0 Å². The first-order chi connectivity index (χ1) is 16.1. The third-order valence-electron chi connectivity index (χ3n) is 7.28. The van der Waals surface area contributed by atoms with Crippen LogP contribution >= 0.6 is 20.8 Å². The quantitative estimate of drug-likeness (QED) is 0.359. The molecule has 2 heterocycles. The van der Waals surface area contributed by atoms with Gasteiger partial charge in [0.2, 0.25) is 0 Å². The fraction of sp³-hybridized carbons (Fsp3) is 0.269. The maximum atomic E-state index is 14.3. The molecule has 2 aliphatic rings. The van der Waals surface area contributed by atoms with Gasteiger partial charge in [0.1, 0.15) is 0 Å². The molecule has 5 rings (SSSR count). The average molecular weight is 524 g/mol. The number of likely N-dealkylation sites (tertiary alicyclic amines) is 1. The maximum absolute atomic E-state index is 14.3. The monoisotopic (exact) mass is 523 g/mol. The van der Waals surface area contributed by atoms with Gasteiger partial charge in [-0.15, -0.1) is 0 Å². The van der Waals surface area contributed by atoms with E-state index in [0.717, 1.165) is 28.8 Å².